The zero-order valence-corrected chi connectivity index (χ0v) is 13.9. The molecule has 1 amide bonds. The number of rotatable bonds is 8. The highest BCUT2D eigenvalue weighted by molar-refractivity contribution is 5.76. The number of benzene rings is 1. The van der Waals surface area contributed by atoms with Gasteiger partial charge in [0.05, 0.1) is 0 Å². The second-order valence-corrected chi connectivity index (χ2v) is 6.53. The molecule has 0 radical (unpaired) electrons. The summed E-state index contributed by atoms with van der Waals surface area (Å²) in [6, 6.07) is 8.65. The molecule has 0 bridgehead atoms. The molecule has 1 atom stereocenters. The Morgan fingerprint density at radius 3 is 2.24 bits per heavy atom. The third-order valence-electron chi connectivity index (χ3n) is 3.69. The van der Waals surface area contributed by atoms with Gasteiger partial charge in [-0.15, -0.1) is 0 Å². The summed E-state index contributed by atoms with van der Waals surface area (Å²) in [5, 5.41) is 3.03. The van der Waals surface area contributed by atoms with E-state index in [1.807, 2.05) is 0 Å². The molecule has 0 fully saturated rings. The first-order valence-corrected chi connectivity index (χ1v) is 8.00. The average molecular weight is 290 g/mol. The van der Waals surface area contributed by atoms with Crippen LogP contribution in [0.25, 0.3) is 0 Å². The van der Waals surface area contributed by atoms with Crippen LogP contribution in [0.15, 0.2) is 24.3 Å². The minimum absolute atomic E-state index is 0.0963. The normalized spacial score (nSPS) is 12.7. The topological polar surface area (TPSA) is 55.1 Å². The van der Waals surface area contributed by atoms with Crippen LogP contribution in [0, 0.1) is 5.92 Å². The van der Waals surface area contributed by atoms with Gasteiger partial charge >= 0.3 is 0 Å². The molecular formula is C18H30N2O. The Kier molecular flexibility index (Phi) is 7.44. The fourth-order valence-electron chi connectivity index (χ4n) is 2.41. The summed E-state index contributed by atoms with van der Waals surface area (Å²) in [4.78, 5) is 12.0. The van der Waals surface area contributed by atoms with E-state index >= 15 is 0 Å². The number of nitrogens with two attached hydrogens (primary N) is 1. The summed E-state index contributed by atoms with van der Waals surface area (Å²) in [7, 11) is 0. The molecule has 0 aliphatic carbocycles. The first kappa shape index (κ1) is 17.7. The van der Waals surface area contributed by atoms with Gasteiger partial charge in [-0.2, -0.15) is 0 Å². The van der Waals surface area contributed by atoms with Crippen LogP contribution < -0.4 is 11.1 Å². The van der Waals surface area contributed by atoms with Gasteiger partial charge < -0.3 is 11.1 Å². The Bertz CT molecular complexity index is 423. The molecule has 3 heteroatoms. The van der Waals surface area contributed by atoms with E-state index < -0.39 is 0 Å². The monoisotopic (exact) mass is 290 g/mol. The van der Waals surface area contributed by atoms with Gasteiger partial charge in [0.2, 0.25) is 5.91 Å². The van der Waals surface area contributed by atoms with E-state index in [1.54, 1.807) is 0 Å². The van der Waals surface area contributed by atoms with Gasteiger partial charge in [-0.1, -0.05) is 52.0 Å². The van der Waals surface area contributed by atoms with E-state index in [4.69, 9.17) is 5.73 Å². The lowest BCUT2D eigenvalue weighted by atomic mass is 10.00. The Balaban J connectivity index is 2.41. The molecule has 1 rings (SSSR count). The second kappa shape index (κ2) is 8.83. The molecule has 0 heterocycles. The number of carbonyl (C=O) groups is 1. The Morgan fingerprint density at radius 1 is 1.14 bits per heavy atom. The maximum absolute atomic E-state index is 12.0. The molecule has 1 aromatic carbocycles. The first-order chi connectivity index (χ1) is 9.92. The fraction of sp³-hybridized carbons (Fsp3) is 0.611. The van der Waals surface area contributed by atoms with E-state index in [1.165, 1.54) is 11.1 Å². The highest BCUT2D eigenvalue weighted by Gasteiger charge is 2.12. The van der Waals surface area contributed by atoms with E-state index in [-0.39, 0.29) is 11.9 Å². The third kappa shape index (κ3) is 6.76. The molecule has 0 aliphatic heterocycles. The highest BCUT2D eigenvalue weighted by Crippen LogP contribution is 2.15. The molecule has 1 aromatic rings. The predicted octanol–water partition coefficient (Wildman–Crippen LogP) is 3.23. The largest absolute Gasteiger partial charge is 0.352 e. The predicted molar refractivity (Wildman–Crippen MR) is 89.3 cm³/mol. The van der Waals surface area contributed by atoms with Crippen molar-refractivity contribution in [3.05, 3.63) is 35.4 Å². The fourth-order valence-corrected chi connectivity index (χ4v) is 2.41. The van der Waals surface area contributed by atoms with Crippen LogP contribution in [0.3, 0.4) is 0 Å². The van der Waals surface area contributed by atoms with Crippen LogP contribution in [0.5, 0.6) is 0 Å². The SMILES string of the molecule is CC(C)CC(CN)NC(=O)CCc1ccc(C(C)C)cc1. The Labute approximate surface area is 129 Å². The van der Waals surface area contributed by atoms with Gasteiger partial charge in [0.15, 0.2) is 0 Å². The maximum atomic E-state index is 12.0. The average Bonchev–Trinajstić information content (AvgIpc) is 2.44. The summed E-state index contributed by atoms with van der Waals surface area (Å²) >= 11 is 0. The quantitative estimate of drug-likeness (QED) is 0.772. The van der Waals surface area contributed by atoms with Crippen LogP contribution >= 0.6 is 0 Å². The Hall–Kier alpha value is -1.35. The molecule has 0 aromatic heterocycles. The highest BCUT2D eigenvalue weighted by atomic mass is 16.1. The number of nitrogens with one attached hydrogen (secondary N) is 1. The smallest absolute Gasteiger partial charge is 0.220 e. The van der Waals surface area contributed by atoms with E-state index in [0.717, 1.165) is 12.8 Å². The van der Waals surface area contributed by atoms with Gasteiger partial charge in [0, 0.05) is 19.0 Å². The lowest BCUT2D eigenvalue weighted by Crippen LogP contribution is -2.41. The van der Waals surface area contributed by atoms with Crippen molar-refractivity contribution in [3.63, 3.8) is 0 Å². The minimum atomic E-state index is 0.0963. The van der Waals surface area contributed by atoms with Gasteiger partial charge in [-0.05, 0) is 35.8 Å². The van der Waals surface area contributed by atoms with Gasteiger partial charge in [0.1, 0.15) is 0 Å². The van der Waals surface area contributed by atoms with Gasteiger partial charge in [-0.3, -0.25) is 4.79 Å². The van der Waals surface area contributed by atoms with E-state index in [0.29, 0.717) is 24.8 Å². The van der Waals surface area contributed by atoms with Crippen molar-refractivity contribution in [1.82, 2.24) is 5.32 Å². The molecule has 0 spiro atoms. The van der Waals surface area contributed by atoms with Crippen LogP contribution in [0.1, 0.15) is 57.6 Å². The lowest BCUT2D eigenvalue weighted by Gasteiger charge is -2.18. The number of carbonyl (C=O) groups excluding carboxylic acids is 1. The van der Waals surface area contributed by atoms with Gasteiger partial charge in [0.25, 0.3) is 0 Å². The van der Waals surface area contributed by atoms with Gasteiger partial charge in [-0.25, -0.2) is 0 Å². The second-order valence-electron chi connectivity index (χ2n) is 6.53. The summed E-state index contributed by atoms with van der Waals surface area (Å²) in [5.41, 5.74) is 8.25. The van der Waals surface area contributed by atoms with Crippen molar-refractivity contribution in [2.24, 2.45) is 11.7 Å². The van der Waals surface area contributed by atoms with Crippen molar-refractivity contribution in [2.45, 2.75) is 58.9 Å². The third-order valence-corrected chi connectivity index (χ3v) is 3.69. The number of hydrogen-bond acceptors (Lipinski definition) is 2. The molecular weight excluding hydrogens is 260 g/mol. The standard InChI is InChI=1S/C18H30N2O/c1-13(2)11-17(12-19)20-18(21)10-7-15-5-8-16(9-6-15)14(3)4/h5-6,8-9,13-14,17H,7,10-12,19H2,1-4H3,(H,20,21). The van der Waals surface area contributed by atoms with E-state index in [9.17, 15) is 4.79 Å². The molecule has 3 nitrogen and oxygen atoms in total. The van der Waals surface area contributed by atoms with Crippen molar-refractivity contribution in [3.8, 4) is 0 Å². The zero-order chi connectivity index (χ0) is 15.8. The molecule has 3 N–H and O–H groups in total. The molecule has 118 valence electrons. The summed E-state index contributed by atoms with van der Waals surface area (Å²) in [6.45, 7) is 9.16. The van der Waals surface area contributed by atoms with Crippen LogP contribution in [-0.4, -0.2) is 18.5 Å². The minimum Gasteiger partial charge on any atom is -0.352 e. The number of hydrogen-bond donors (Lipinski definition) is 2. The van der Waals surface area contributed by atoms with Crippen LogP contribution in [0.2, 0.25) is 0 Å². The van der Waals surface area contributed by atoms with Crippen molar-refractivity contribution >= 4 is 5.91 Å². The zero-order valence-electron chi connectivity index (χ0n) is 13.9. The first-order valence-electron chi connectivity index (χ1n) is 8.00. The summed E-state index contributed by atoms with van der Waals surface area (Å²) < 4.78 is 0. The molecule has 21 heavy (non-hydrogen) atoms. The van der Waals surface area contributed by atoms with E-state index in [2.05, 4.69) is 57.3 Å². The summed E-state index contributed by atoms with van der Waals surface area (Å²) in [6.07, 6.45) is 2.24. The Morgan fingerprint density at radius 2 is 1.76 bits per heavy atom. The number of amides is 1. The number of aryl methyl sites for hydroxylation is 1. The van der Waals surface area contributed by atoms with Crippen molar-refractivity contribution in [1.29, 1.82) is 0 Å². The van der Waals surface area contributed by atoms with Crippen LogP contribution in [0.4, 0.5) is 0 Å². The summed E-state index contributed by atoms with van der Waals surface area (Å²) in [5.74, 6) is 1.19. The lowest BCUT2D eigenvalue weighted by molar-refractivity contribution is -0.121. The maximum Gasteiger partial charge on any atom is 0.220 e. The van der Waals surface area contributed by atoms with Crippen LogP contribution in [-0.2, 0) is 11.2 Å². The van der Waals surface area contributed by atoms with Crippen molar-refractivity contribution < 1.29 is 4.79 Å². The molecule has 0 saturated carbocycles. The molecule has 0 saturated heterocycles. The molecule has 0 aliphatic rings. The van der Waals surface area contributed by atoms with Crippen molar-refractivity contribution in [2.75, 3.05) is 6.54 Å². The molecule has 1 unspecified atom stereocenters.